The summed E-state index contributed by atoms with van der Waals surface area (Å²) in [4.78, 5) is 41.1. The second kappa shape index (κ2) is 9.10. The lowest BCUT2D eigenvalue weighted by Gasteiger charge is -2.07. The Morgan fingerprint density at radius 3 is 2.80 bits per heavy atom. The number of nitrogens with zero attached hydrogens (tertiary/aromatic N) is 3. The maximum atomic E-state index is 12.6. The number of halogens is 1. The molecule has 0 aliphatic carbocycles. The van der Waals surface area contributed by atoms with Crippen LogP contribution in [0.15, 0.2) is 52.4 Å². The highest BCUT2D eigenvalue weighted by Crippen LogP contribution is 2.34. The van der Waals surface area contributed by atoms with Crippen LogP contribution in [0.2, 0.25) is 5.02 Å². The van der Waals surface area contributed by atoms with Crippen LogP contribution in [-0.4, -0.2) is 40.5 Å². The number of esters is 1. The Hall–Kier alpha value is -3.17. The average Bonchev–Trinajstić information content (AvgIpc) is 2.97. The van der Waals surface area contributed by atoms with E-state index in [9.17, 15) is 19.7 Å². The summed E-state index contributed by atoms with van der Waals surface area (Å²) in [5.41, 5.74) is 1.09. The molecule has 0 radical (unpaired) electrons. The normalized spacial score (nSPS) is 16.4. The molecule has 0 atom stereocenters. The number of carbonyl (C=O) groups is 2. The third-order valence-corrected chi connectivity index (χ3v) is 5.43. The second-order valence-corrected chi connectivity index (χ2v) is 7.52. The van der Waals surface area contributed by atoms with Gasteiger partial charge in [-0.1, -0.05) is 23.7 Å². The lowest BCUT2D eigenvalue weighted by atomic mass is 10.2. The summed E-state index contributed by atoms with van der Waals surface area (Å²) in [7, 11) is 1.58. The Bertz CT molecular complexity index is 1100. The van der Waals surface area contributed by atoms with Crippen LogP contribution in [-0.2, 0) is 9.53 Å². The smallest absolute Gasteiger partial charge is 0.338 e. The number of rotatable bonds is 5. The zero-order chi connectivity index (χ0) is 21.8. The molecule has 0 N–H and O–H groups in total. The largest absolute Gasteiger partial charge is 0.462 e. The molecule has 0 aromatic heterocycles. The fourth-order valence-corrected chi connectivity index (χ4v) is 3.76. The van der Waals surface area contributed by atoms with Crippen LogP contribution in [0, 0.1) is 10.1 Å². The van der Waals surface area contributed by atoms with Gasteiger partial charge in [-0.15, -0.1) is 0 Å². The summed E-state index contributed by atoms with van der Waals surface area (Å²) in [6.07, 6.45) is 1.55. The zero-order valence-corrected chi connectivity index (χ0v) is 17.6. The Morgan fingerprint density at radius 2 is 2.10 bits per heavy atom. The highest BCUT2D eigenvalue weighted by atomic mass is 35.5. The summed E-state index contributed by atoms with van der Waals surface area (Å²) >= 11 is 6.96. The summed E-state index contributed by atoms with van der Waals surface area (Å²) in [6, 6.07) is 10.9. The highest BCUT2D eigenvalue weighted by molar-refractivity contribution is 8.18. The summed E-state index contributed by atoms with van der Waals surface area (Å²) in [5.74, 6) is -0.745. The first-order valence-electron chi connectivity index (χ1n) is 8.77. The number of ether oxygens (including phenoxy) is 1. The van der Waals surface area contributed by atoms with Gasteiger partial charge in [0.25, 0.3) is 11.6 Å². The third-order valence-electron chi connectivity index (χ3n) is 4.05. The third kappa shape index (κ3) is 4.69. The number of likely N-dealkylation sites (N-methyl/N-ethyl adjacent to an activating group) is 1. The summed E-state index contributed by atoms with van der Waals surface area (Å²) in [6.45, 7) is 1.99. The number of benzene rings is 2. The van der Waals surface area contributed by atoms with Crippen LogP contribution in [0.3, 0.4) is 0 Å². The first-order chi connectivity index (χ1) is 14.3. The van der Waals surface area contributed by atoms with Crippen LogP contribution in [0.25, 0.3) is 6.08 Å². The van der Waals surface area contributed by atoms with Crippen molar-refractivity contribution in [2.45, 2.75) is 6.92 Å². The van der Waals surface area contributed by atoms with Crippen molar-refractivity contribution in [3.8, 4) is 0 Å². The zero-order valence-electron chi connectivity index (χ0n) is 16.0. The number of nitro benzene ring substituents is 1. The van der Waals surface area contributed by atoms with Crippen LogP contribution < -0.4 is 0 Å². The van der Waals surface area contributed by atoms with E-state index >= 15 is 0 Å². The molecule has 1 aliphatic heterocycles. The number of amidine groups is 1. The van der Waals surface area contributed by atoms with Crippen molar-refractivity contribution in [1.82, 2.24) is 4.90 Å². The molecule has 2 aromatic rings. The molecule has 1 fully saturated rings. The van der Waals surface area contributed by atoms with E-state index in [1.807, 2.05) is 0 Å². The van der Waals surface area contributed by atoms with Crippen LogP contribution in [0.4, 0.5) is 11.4 Å². The van der Waals surface area contributed by atoms with Crippen LogP contribution in [0.1, 0.15) is 22.8 Å². The Balaban J connectivity index is 1.89. The van der Waals surface area contributed by atoms with E-state index in [0.29, 0.717) is 26.9 Å². The van der Waals surface area contributed by atoms with Crippen molar-refractivity contribution in [2.24, 2.45) is 4.99 Å². The van der Waals surface area contributed by atoms with Crippen molar-refractivity contribution in [3.63, 3.8) is 0 Å². The molecule has 0 unspecified atom stereocenters. The highest BCUT2D eigenvalue weighted by Gasteiger charge is 2.30. The molecule has 1 amide bonds. The first-order valence-corrected chi connectivity index (χ1v) is 9.97. The van der Waals surface area contributed by atoms with Crippen LogP contribution in [0.5, 0.6) is 0 Å². The molecule has 0 spiro atoms. The molecule has 1 heterocycles. The van der Waals surface area contributed by atoms with E-state index in [4.69, 9.17) is 16.3 Å². The number of hydrogen-bond acceptors (Lipinski definition) is 7. The summed E-state index contributed by atoms with van der Waals surface area (Å²) < 4.78 is 4.99. The van der Waals surface area contributed by atoms with Gasteiger partial charge in [0.2, 0.25) is 0 Å². The van der Waals surface area contributed by atoms with Gasteiger partial charge in [0, 0.05) is 13.1 Å². The van der Waals surface area contributed by atoms with Gasteiger partial charge < -0.3 is 4.74 Å². The van der Waals surface area contributed by atoms with E-state index < -0.39 is 10.9 Å². The molecular weight excluding hydrogens is 430 g/mol. The maximum Gasteiger partial charge on any atom is 0.338 e. The monoisotopic (exact) mass is 445 g/mol. The number of nitro groups is 1. The number of carbonyl (C=O) groups excluding carboxylic acids is 2. The molecule has 8 nitrogen and oxygen atoms in total. The lowest BCUT2D eigenvalue weighted by Crippen LogP contribution is -2.23. The van der Waals surface area contributed by atoms with Gasteiger partial charge >= 0.3 is 5.97 Å². The summed E-state index contributed by atoms with van der Waals surface area (Å²) in [5, 5.41) is 11.5. The molecule has 3 rings (SSSR count). The van der Waals surface area contributed by atoms with Crippen molar-refractivity contribution in [3.05, 3.63) is 73.6 Å². The van der Waals surface area contributed by atoms with E-state index in [2.05, 4.69) is 4.99 Å². The lowest BCUT2D eigenvalue weighted by molar-refractivity contribution is -0.384. The van der Waals surface area contributed by atoms with Gasteiger partial charge in [-0.3, -0.25) is 19.8 Å². The van der Waals surface area contributed by atoms with Gasteiger partial charge in [0.05, 0.1) is 27.7 Å². The van der Waals surface area contributed by atoms with Gasteiger partial charge in [-0.2, -0.15) is 0 Å². The van der Waals surface area contributed by atoms with E-state index in [-0.39, 0.29) is 23.2 Å². The molecule has 1 aliphatic rings. The van der Waals surface area contributed by atoms with Crippen molar-refractivity contribution in [1.29, 1.82) is 0 Å². The van der Waals surface area contributed by atoms with Crippen molar-refractivity contribution in [2.75, 3.05) is 13.7 Å². The first kappa shape index (κ1) is 21.5. The Morgan fingerprint density at radius 1 is 1.33 bits per heavy atom. The van der Waals surface area contributed by atoms with E-state index in [0.717, 1.165) is 11.8 Å². The van der Waals surface area contributed by atoms with Crippen molar-refractivity contribution >= 4 is 57.9 Å². The molecule has 2 aromatic carbocycles. The van der Waals surface area contributed by atoms with Crippen molar-refractivity contribution < 1.29 is 19.2 Å². The maximum absolute atomic E-state index is 12.6. The molecule has 1 saturated heterocycles. The molecular formula is C20H16ClN3O5S. The standard InChI is InChI=1S/C20H16ClN3O5S/c1-3-29-19(26)13-5-4-6-14(11-13)22-20-23(2)18(25)17(30-20)10-12-7-8-15(21)16(9-12)24(27)28/h4-11H,3H2,1-2H3. The quantitative estimate of drug-likeness (QED) is 0.287. The van der Waals surface area contributed by atoms with Gasteiger partial charge in [0.15, 0.2) is 5.17 Å². The minimum Gasteiger partial charge on any atom is -0.462 e. The average molecular weight is 446 g/mol. The topological polar surface area (TPSA) is 102 Å². The Kier molecular flexibility index (Phi) is 6.53. The molecule has 0 bridgehead atoms. The van der Waals surface area contributed by atoms with Gasteiger partial charge in [0.1, 0.15) is 5.02 Å². The van der Waals surface area contributed by atoms with Gasteiger partial charge in [-0.05, 0) is 54.6 Å². The SMILES string of the molecule is CCOC(=O)c1cccc(N=C2SC(=Cc3ccc(Cl)c([N+](=O)[O-])c3)C(=O)N2C)c1. The molecule has 0 saturated carbocycles. The van der Waals surface area contributed by atoms with Crippen LogP contribution >= 0.6 is 23.4 Å². The molecule has 30 heavy (non-hydrogen) atoms. The van der Waals surface area contributed by atoms with E-state index in [1.54, 1.807) is 50.4 Å². The number of hydrogen-bond donors (Lipinski definition) is 0. The second-order valence-electron chi connectivity index (χ2n) is 6.11. The Labute approximate surface area is 181 Å². The minimum atomic E-state index is -0.580. The predicted molar refractivity (Wildman–Crippen MR) is 116 cm³/mol. The minimum absolute atomic E-state index is 0.0217. The molecule has 10 heteroatoms. The number of aliphatic imine (C=N–C) groups is 1. The predicted octanol–water partition coefficient (Wildman–Crippen LogP) is 4.66. The fraction of sp³-hybridized carbons (Fsp3) is 0.150. The number of amides is 1. The number of thioether (sulfide) groups is 1. The van der Waals surface area contributed by atoms with Gasteiger partial charge in [-0.25, -0.2) is 9.79 Å². The van der Waals surface area contributed by atoms with E-state index in [1.165, 1.54) is 17.0 Å². The molecule has 154 valence electrons. The fourth-order valence-electron chi connectivity index (χ4n) is 2.59.